The topological polar surface area (TPSA) is 154 Å². The molecule has 0 N–H and O–H groups in total. The Morgan fingerprint density at radius 3 is 1.22 bits per heavy atom. The van der Waals surface area contributed by atoms with Gasteiger partial charge in [0.1, 0.15) is 56.8 Å². The normalized spacial score (nSPS) is 17.6. The average Bonchev–Trinajstić information content (AvgIpc) is 3.98. The monoisotopic (exact) mass is 732 g/mol. The van der Waals surface area contributed by atoms with Crippen LogP contribution in [0.15, 0.2) is 93.9 Å². The van der Waals surface area contributed by atoms with Crippen molar-refractivity contribution in [1.82, 2.24) is 0 Å². The molecule has 254 valence electrons. The van der Waals surface area contributed by atoms with E-state index in [0.29, 0.717) is 32.3 Å². The molecule has 4 aliphatic rings. The van der Waals surface area contributed by atoms with Gasteiger partial charge in [0.15, 0.2) is 0 Å². The molecule has 0 aliphatic heterocycles. The highest BCUT2D eigenvalue weighted by molar-refractivity contribution is 7.20. The van der Waals surface area contributed by atoms with Gasteiger partial charge in [-0.15, -0.1) is 22.7 Å². The van der Waals surface area contributed by atoms with Crippen LogP contribution in [0.25, 0.3) is 32.0 Å². The van der Waals surface area contributed by atoms with Crippen molar-refractivity contribution in [2.24, 2.45) is 9.98 Å². The van der Waals surface area contributed by atoms with Crippen LogP contribution in [0.5, 0.6) is 0 Å². The second kappa shape index (κ2) is 11.3. The van der Waals surface area contributed by atoms with E-state index in [0.717, 1.165) is 43.1 Å². The summed E-state index contributed by atoms with van der Waals surface area (Å²) in [4.78, 5) is 38.9. The quantitative estimate of drug-likeness (QED) is 0.165. The van der Waals surface area contributed by atoms with E-state index in [1.807, 2.05) is 36.4 Å². The second-order valence-electron chi connectivity index (χ2n) is 14.5. The number of ketones is 2. The Morgan fingerprint density at radius 1 is 0.519 bits per heavy atom. The Balaban J connectivity index is 1.14. The summed E-state index contributed by atoms with van der Waals surface area (Å²) in [6.45, 7) is 8.69. The Kier molecular flexibility index (Phi) is 6.94. The Bertz CT molecular complexity index is 2740. The zero-order valence-electron chi connectivity index (χ0n) is 29.2. The first-order chi connectivity index (χ1) is 25.9. The summed E-state index contributed by atoms with van der Waals surface area (Å²) in [6, 6.07) is 30.3. The van der Waals surface area contributed by atoms with Crippen LogP contribution < -0.4 is 0 Å². The molecule has 0 amide bonds. The summed E-state index contributed by atoms with van der Waals surface area (Å²) < 4.78 is 0. The summed E-state index contributed by atoms with van der Waals surface area (Å²) >= 11 is 2.98. The van der Waals surface area contributed by atoms with Crippen molar-refractivity contribution in [3.63, 3.8) is 0 Å². The Labute approximate surface area is 318 Å². The van der Waals surface area contributed by atoms with E-state index in [9.17, 15) is 30.6 Å². The number of hydrogen-bond donors (Lipinski definition) is 0. The molecular formula is C44H24N6O2S2. The minimum atomic E-state index is -0.402. The van der Waals surface area contributed by atoms with Gasteiger partial charge in [0.25, 0.3) is 0 Å². The molecule has 5 aromatic rings. The highest BCUT2D eigenvalue weighted by Gasteiger charge is 2.44. The molecule has 2 aromatic heterocycles. The molecule has 0 saturated heterocycles. The number of hydrogen-bond acceptors (Lipinski definition) is 10. The lowest BCUT2D eigenvalue weighted by Crippen LogP contribution is -2.16. The molecule has 0 saturated carbocycles. The van der Waals surface area contributed by atoms with E-state index in [1.165, 1.54) is 22.7 Å². The molecule has 8 nitrogen and oxygen atoms in total. The molecule has 0 bridgehead atoms. The van der Waals surface area contributed by atoms with Gasteiger partial charge in [-0.1, -0.05) is 76.2 Å². The van der Waals surface area contributed by atoms with Crippen LogP contribution in [0, 0.1) is 45.3 Å². The van der Waals surface area contributed by atoms with Gasteiger partial charge in [-0.25, -0.2) is 9.98 Å². The van der Waals surface area contributed by atoms with Crippen LogP contribution >= 0.6 is 22.7 Å². The van der Waals surface area contributed by atoms with Crippen molar-refractivity contribution in [1.29, 1.82) is 21.0 Å². The number of carbonyl (C=O) groups is 2. The number of aliphatic imine (C=N–C) groups is 2. The molecule has 0 atom stereocenters. The van der Waals surface area contributed by atoms with Crippen LogP contribution in [-0.4, -0.2) is 23.0 Å². The molecule has 0 spiro atoms. The van der Waals surface area contributed by atoms with Gasteiger partial charge in [0.2, 0.25) is 11.6 Å². The molecule has 0 fully saturated rings. The number of allylic oxidation sites excluding steroid dienone is 4. The summed E-state index contributed by atoms with van der Waals surface area (Å²) in [7, 11) is 0. The number of rotatable bonds is 2. The smallest absolute Gasteiger partial charge is 0.212 e. The number of thiophene rings is 2. The molecule has 0 unspecified atom stereocenters. The van der Waals surface area contributed by atoms with E-state index in [1.54, 1.807) is 48.5 Å². The van der Waals surface area contributed by atoms with Gasteiger partial charge in [0.05, 0.1) is 0 Å². The van der Waals surface area contributed by atoms with Crippen LogP contribution in [0.4, 0.5) is 10.0 Å². The number of benzene rings is 3. The predicted octanol–water partition coefficient (Wildman–Crippen LogP) is 9.96. The van der Waals surface area contributed by atoms with Gasteiger partial charge in [0, 0.05) is 42.9 Å². The fourth-order valence-corrected chi connectivity index (χ4v) is 10.7. The van der Waals surface area contributed by atoms with Crippen molar-refractivity contribution in [2.75, 3.05) is 0 Å². The lowest BCUT2D eigenvalue weighted by Gasteiger charge is -2.24. The van der Waals surface area contributed by atoms with Gasteiger partial charge in [-0.05, 0) is 68.8 Å². The number of fused-ring (bicyclic) bond motifs is 8. The van der Waals surface area contributed by atoms with E-state index < -0.39 is 10.8 Å². The fourth-order valence-electron chi connectivity index (χ4n) is 8.24. The van der Waals surface area contributed by atoms with Crippen LogP contribution in [0.1, 0.15) is 81.8 Å². The first-order valence-corrected chi connectivity index (χ1v) is 18.6. The van der Waals surface area contributed by atoms with Crippen molar-refractivity contribution < 1.29 is 9.59 Å². The molecule has 9 rings (SSSR count). The fraction of sp³-hybridized carbons (Fsp3) is 0.136. The summed E-state index contributed by atoms with van der Waals surface area (Å²) in [5.74, 6) is -0.617. The van der Waals surface area contributed by atoms with E-state index in [4.69, 9.17) is 9.98 Å². The van der Waals surface area contributed by atoms with E-state index in [-0.39, 0.29) is 45.3 Å². The molecule has 54 heavy (non-hydrogen) atoms. The lowest BCUT2D eigenvalue weighted by molar-refractivity contribution is 0.106. The minimum absolute atomic E-state index is 0.105. The first-order valence-electron chi connectivity index (χ1n) is 17.0. The number of nitriles is 4. The summed E-state index contributed by atoms with van der Waals surface area (Å²) in [5.41, 5.74) is 8.28. The lowest BCUT2D eigenvalue weighted by atomic mass is 9.79. The van der Waals surface area contributed by atoms with Crippen molar-refractivity contribution in [3.8, 4) is 45.2 Å². The number of Topliss-reactive ketones (excluding diaryl/α,β-unsaturated/α-hetero) is 2. The maximum absolute atomic E-state index is 13.6. The Hall–Kier alpha value is -6.82. The molecule has 0 radical (unpaired) electrons. The van der Waals surface area contributed by atoms with E-state index in [2.05, 4.69) is 39.8 Å². The zero-order valence-corrected chi connectivity index (χ0v) is 30.9. The molecule has 3 aromatic carbocycles. The third-order valence-electron chi connectivity index (χ3n) is 11.0. The van der Waals surface area contributed by atoms with Gasteiger partial charge < -0.3 is 0 Å². The van der Waals surface area contributed by atoms with Crippen LogP contribution in [0.3, 0.4) is 0 Å². The standard InChI is InChI=1S/C44H24N6O2S2/c1-43(2)29-13-28-30(14-27(29)41-31(43)15-33(53-41)49-37-35(21(17-45)18-46)23-9-5-7-11-25(23)39(37)51)44(3,4)32-16-34(54-42(28)32)50-38-36(22(19-47)20-48)24-10-6-8-12-26(24)40(38)52/h5-16H,1-4H3. The van der Waals surface area contributed by atoms with Crippen LogP contribution in [-0.2, 0) is 10.8 Å². The molecule has 2 heterocycles. The third-order valence-corrected chi connectivity index (χ3v) is 13.1. The summed E-state index contributed by atoms with van der Waals surface area (Å²) in [5, 5.41) is 40.3. The Morgan fingerprint density at radius 2 is 0.870 bits per heavy atom. The van der Waals surface area contributed by atoms with Crippen molar-refractivity contribution in [3.05, 3.63) is 128 Å². The van der Waals surface area contributed by atoms with E-state index >= 15 is 0 Å². The maximum Gasteiger partial charge on any atom is 0.212 e. The molecule has 4 aliphatic carbocycles. The second-order valence-corrected chi connectivity index (χ2v) is 16.5. The largest absolute Gasteiger partial charge is 0.287 e. The minimum Gasteiger partial charge on any atom is -0.287 e. The number of nitrogens with zero attached hydrogens (tertiary/aromatic N) is 6. The van der Waals surface area contributed by atoms with Gasteiger partial charge in [-0.3, -0.25) is 9.59 Å². The highest BCUT2D eigenvalue weighted by Crippen LogP contribution is 2.60. The average molecular weight is 733 g/mol. The number of carbonyl (C=O) groups excluding carboxylic acids is 2. The first kappa shape index (κ1) is 33.0. The summed E-state index contributed by atoms with van der Waals surface area (Å²) in [6.07, 6.45) is 0. The van der Waals surface area contributed by atoms with Crippen molar-refractivity contribution in [2.45, 2.75) is 38.5 Å². The molecular weight excluding hydrogens is 709 g/mol. The zero-order chi connectivity index (χ0) is 37.8. The SMILES string of the molecule is CC1(C)c2cc3c(cc2-c2sc(N=C4C(=O)c5ccccc5C4=C(C#N)C#N)cc21)C(C)(C)c1cc(N=C2C(=O)c4ccccc4C2=C(C#N)C#N)sc1-3. The highest BCUT2D eigenvalue weighted by atomic mass is 32.1. The maximum atomic E-state index is 13.6. The van der Waals surface area contributed by atoms with Crippen LogP contribution in [0.2, 0.25) is 0 Å². The third kappa shape index (κ3) is 4.30. The van der Waals surface area contributed by atoms with Gasteiger partial charge >= 0.3 is 0 Å². The van der Waals surface area contributed by atoms with Crippen molar-refractivity contribution >= 4 is 66.8 Å². The molecule has 10 heteroatoms. The predicted molar refractivity (Wildman–Crippen MR) is 209 cm³/mol. The van der Waals surface area contributed by atoms with Gasteiger partial charge in [-0.2, -0.15) is 21.0 Å².